The molecule has 0 unspecified atom stereocenters. The van der Waals surface area contributed by atoms with Crippen molar-refractivity contribution in [2.24, 2.45) is 0 Å². The van der Waals surface area contributed by atoms with Crippen LogP contribution in [0.25, 0.3) is 21.5 Å². The molecule has 0 atom stereocenters. The van der Waals surface area contributed by atoms with Gasteiger partial charge >= 0.3 is 5.97 Å². The smallest absolute Gasteiger partial charge is 0.339 e. The maximum Gasteiger partial charge on any atom is 0.339 e. The average molecular weight is 350 g/mol. The Hall–Kier alpha value is -2.99. The van der Waals surface area contributed by atoms with Crippen molar-refractivity contribution >= 4 is 28.2 Å². The second kappa shape index (κ2) is 6.49. The number of aromatic nitrogens is 2. The molecule has 25 heavy (non-hydrogen) atoms. The summed E-state index contributed by atoms with van der Waals surface area (Å²) in [6.07, 6.45) is 0. The first kappa shape index (κ1) is 15.5. The van der Waals surface area contributed by atoms with Crippen molar-refractivity contribution in [3.63, 3.8) is 0 Å². The maximum absolute atomic E-state index is 12.5. The molecule has 0 radical (unpaired) electrons. The van der Waals surface area contributed by atoms with Crippen LogP contribution in [0.1, 0.15) is 21.7 Å². The van der Waals surface area contributed by atoms with Crippen LogP contribution in [0.3, 0.4) is 0 Å². The molecule has 0 bridgehead atoms. The van der Waals surface area contributed by atoms with Crippen LogP contribution in [0.15, 0.2) is 58.4 Å². The fraction of sp³-hybridized carbons (Fsp3) is 0.105. The number of carbonyl (C=O) groups is 1. The Kier molecular flexibility index (Phi) is 4.03. The van der Waals surface area contributed by atoms with Crippen molar-refractivity contribution in [2.75, 3.05) is 0 Å². The van der Waals surface area contributed by atoms with Gasteiger partial charge in [-0.1, -0.05) is 29.4 Å². The van der Waals surface area contributed by atoms with Gasteiger partial charge in [0.25, 0.3) is 0 Å². The lowest BCUT2D eigenvalue weighted by Gasteiger charge is -2.07. The van der Waals surface area contributed by atoms with Crippen LogP contribution in [0.4, 0.5) is 0 Å². The van der Waals surface area contributed by atoms with Crippen LogP contribution in [-0.2, 0) is 11.3 Å². The number of aryl methyl sites for hydroxylation is 1. The Morgan fingerprint density at radius 3 is 2.92 bits per heavy atom. The zero-order valence-corrected chi connectivity index (χ0v) is 14.2. The Bertz CT molecular complexity index is 1040. The molecule has 0 spiro atoms. The molecule has 6 heteroatoms. The monoisotopic (exact) mass is 350 g/mol. The van der Waals surface area contributed by atoms with Gasteiger partial charge in [0, 0.05) is 17.1 Å². The van der Waals surface area contributed by atoms with Crippen LogP contribution in [0.2, 0.25) is 0 Å². The fourth-order valence-corrected chi connectivity index (χ4v) is 3.28. The SMILES string of the molecule is Cc1cc(C(=O)OCc2cc(-c3cccs3)on2)c2ccccc2n1. The van der Waals surface area contributed by atoms with Gasteiger partial charge in [-0.3, -0.25) is 4.98 Å². The Morgan fingerprint density at radius 2 is 2.08 bits per heavy atom. The summed E-state index contributed by atoms with van der Waals surface area (Å²) >= 11 is 1.57. The highest BCUT2D eigenvalue weighted by atomic mass is 32.1. The molecule has 0 fully saturated rings. The molecule has 1 aromatic carbocycles. The molecule has 0 amide bonds. The van der Waals surface area contributed by atoms with E-state index >= 15 is 0 Å². The number of ether oxygens (including phenoxy) is 1. The predicted octanol–water partition coefficient (Wildman–Crippen LogP) is 4.62. The van der Waals surface area contributed by atoms with Crippen molar-refractivity contribution in [1.29, 1.82) is 0 Å². The molecule has 124 valence electrons. The van der Waals surface area contributed by atoms with Crippen LogP contribution in [0, 0.1) is 6.92 Å². The molecule has 0 N–H and O–H groups in total. The van der Waals surface area contributed by atoms with Gasteiger partial charge in [0.05, 0.1) is 16.0 Å². The molecule has 0 saturated heterocycles. The van der Waals surface area contributed by atoms with E-state index < -0.39 is 5.97 Å². The highest BCUT2D eigenvalue weighted by molar-refractivity contribution is 7.13. The Labute approximate surface area is 147 Å². The summed E-state index contributed by atoms with van der Waals surface area (Å²) in [6.45, 7) is 1.91. The van der Waals surface area contributed by atoms with E-state index in [-0.39, 0.29) is 6.61 Å². The number of hydrogen-bond donors (Lipinski definition) is 0. The molecule has 0 aliphatic rings. The molecule has 4 aromatic rings. The maximum atomic E-state index is 12.5. The van der Waals surface area contributed by atoms with E-state index in [9.17, 15) is 4.79 Å². The normalized spacial score (nSPS) is 10.9. The third-order valence-corrected chi connectivity index (χ3v) is 4.62. The predicted molar refractivity (Wildman–Crippen MR) is 95.4 cm³/mol. The minimum Gasteiger partial charge on any atom is -0.455 e. The number of hydrogen-bond acceptors (Lipinski definition) is 6. The van der Waals surface area contributed by atoms with E-state index in [0.29, 0.717) is 17.0 Å². The summed E-state index contributed by atoms with van der Waals surface area (Å²) in [7, 11) is 0. The summed E-state index contributed by atoms with van der Waals surface area (Å²) in [5.74, 6) is 0.272. The van der Waals surface area contributed by atoms with Crippen LogP contribution in [0.5, 0.6) is 0 Å². The van der Waals surface area contributed by atoms with Gasteiger partial charge in [-0.2, -0.15) is 0 Å². The lowest BCUT2D eigenvalue weighted by molar-refractivity contribution is 0.0466. The van der Waals surface area contributed by atoms with Gasteiger partial charge in [-0.15, -0.1) is 11.3 Å². The van der Waals surface area contributed by atoms with E-state index in [1.165, 1.54) is 0 Å². The number of benzene rings is 1. The first-order chi connectivity index (χ1) is 12.2. The van der Waals surface area contributed by atoms with Gasteiger partial charge in [-0.05, 0) is 30.5 Å². The largest absolute Gasteiger partial charge is 0.455 e. The van der Waals surface area contributed by atoms with Crippen molar-refractivity contribution in [3.05, 3.63) is 70.9 Å². The highest BCUT2D eigenvalue weighted by Crippen LogP contribution is 2.25. The molecular weight excluding hydrogens is 336 g/mol. The van der Waals surface area contributed by atoms with Gasteiger partial charge in [-0.25, -0.2) is 4.79 Å². The number of fused-ring (bicyclic) bond motifs is 1. The number of thiophene rings is 1. The van der Waals surface area contributed by atoms with Crippen LogP contribution >= 0.6 is 11.3 Å². The zero-order chi connectivity index (χ0) is 17.2. The van der Waals surface area contributed by atoms with Gasteiger partial charge in [0.1, 0.15) is 12.3 Å². The third kappa shape index (κ3) is 3.16. The summed E-state index contributed by atoms with van der Waals surface area (Å²) in [5.41, 5.74) is 2.62. The fourth-order valence-electron chi connectivity index (χ4n) is 2.61. The number of esters is 1. The van der Waals surface area contributed by atoms with Crippen molar-refractivity contribution < 1.29 is 14.1 Å². The number of pyridine rings is 1. The number of nitrogens with zero attached hydrogens (tertiary/aromatic N) is 2. The minimum absolute atomic E-state index is 0.0589. The van der Waals surface area contributed by atoms with E-state index in [4.69, 9.17) is 9.26 Å². The standard InChI is InChI=1S/C19H14N2O3S/c1-12-9-15(14-5-2-3-6-16(14)20-12)19(22)23-11-13-10-17(24-21-13)18-7-4-8-25-18/h2-10H,11H2,1H3. The molecular formula is C19H14N2O3S. The molecule has 3 heterocycles. The zero-order valence-electron chi connectivity index (χ0n) is 13.4. The van der Waals surface area contributed by atoms with Gasteiger partial charge in [0.15, 0.2) is 5.76 Å². The number of rotatable bonds is 4. The summed E-state index contributed by atoms with van der Waals surface area (Å²) in [4.78, 5) is 17.9. The first-order valence-corrected chi connectivity index (χ1v) is 8.61. The van der Waals surface area contributed by atoms with Crippen LogP contribution in [-0.4, -0.2) is 16.1 Å². The molecule has 0 saturated carbocycles. The summed E-state index contributed by atoms with van der Waals surface area (Å²) in [6, 6.07) is 14.9. The van der Waals surface area contributed by atoms with E-state index in [0.717, 1.165) is 21.5 Å². The number of para-hydroxylation sites is 1. The summed E-state index contributed by atoms with van der Waals surface area (Å²) < 4.78 is 10.7. The average Bonchev–Trinajstić information content (AvgIpc) is 3.30. The Morgan fingerprint density at radius 1 is 1.20 bits per heavy atom. The molecule has 3 aromatic heterocycles. The quantitative estimate of drug-likeness (QED) is 0.503. The lowest BCUT2D eigenvalue weighted by Crippen LogP contribution is -2.07. The first-order valence-electron chi connectivity index (χ1n) is 7.74. The second-order valence-electron chi connectivity index (χ2n) is 5.56. The van der Waals surface area contributed by atoms with Crippen molar-refractivity contribution in [1.82, 2.24) is 10.1 Å². The second-order valence-corrected chi connectivity index (χ2v) is 6.51. The Balaban J connectivity index is 1.53. The van der Waals surface area contributed by atoms with Crippen molar-refractivity contribution in [3.8, 4) is 10.6 Å². The molecule has 0 aliphatic carbocycles. The molecule has 5 nitrogen and oxygen atoms in total. The molecule has 4 rings (SSSR count). The van der Waals surface area contributed by atoms with Gasteiger partial charge in [0.2, 0.25) is 0 Å². The van der Waals surface area contributed by atoms with Crippen LogP contribution < -0.4 is 0 Å². The van der Waals surface area contributed by atoms with E-state index in [1.807, 2.05) is 48.7 Å². The lowest BCUT2D eigenvalue weighted by atomic mass is 10.1. The minimum atomic E-state index is -0.401. The van der Waals surface area contributed by atoms with Crippen molar-refractivity contribution in [2.45, 2.75) is 13.5 Å². The highest BCUT2D eigenvalue weighted by Gasteiger charge is 2.15. The topological polar surface area (TPSA) is 65.2 Å². The van der Waals surface area contributed by atoms with Gasteiger partial charge < -0.3 is 9.26 Å². The van der Waals surface area contributed by atoms with E-state index in [2.05, 4.69) is 10.1 Å². The molecule has 0 aliphatic heterocycles. The number of carbonyl (C=O) groups excluding carboxylic acids is 1. The summed E-state index contributed by atoms with van der Waals surface area (Å²) in [5, 5.41) is 6.70. The van der Waals surface area contributed by atoms with E-state index in [1.54, 1.807) is 23.5 Å². The third-order valence-electron chi connectivity index (χ3n) is 3.74.